The highest BCUT2D eigenvalue weighted by Crippen LogP contribution is 2.30. The number of hydrogen-bond acceptors (Lipinski definition) is 2. The van der Waals surface area contributed by atoms with E-state index in [9.17, 15) is 8.42 Å². The van der Waals surface area contributed by atoms with Crippen LogP contribution in [0.3, 0.4) is 0 Å². The summed E-state index contributed by atoms with van der Waals surface area (Å²) < 4.78 is 28.0. The van der Waals surface area contributed by atoms with Crippen molar-refractivity contribution < 1.29 is 8.42 Å². The van der Waals surface area contributed by atoms with Crippen molar-refractivity contribution in [3.8, 4) is 0 Å². The summed E-state index contributed by atoms with van der Waals surface area (Å²) in [6.07, 6.45) is 5.89. The molecule has 0 heterocycles. The highest BCUT2D eigenvalue weighted by atomic mass is 79.9. The van der Waals surface area contributed by atoms with Crippen LogP contribution < -0.4 is 4.72 Å². The van der Waals surface area contributed by atoms with Gasteiger partial charge in [-0.15, -0.1) is 0 Å². The summed E-state index contributed by atoms with van der Waals surface area (Å²) in [7, 11) is -3.52. The molecule has 3 nitrogen and oxygen atoms in total. The Labute approximate surface area is 140 Å². The van der Waals surface area contributed by atoms with Crippen LogP contribution in [0.4, 0.5) is 0 Å². The lowest BCUT2D eigenvalue weighted by Gasteiger charge is -2.26. The molecule has 1 aromatic rings. The molecule has 0 amide bonds. The molecule has 6 heteroatoms. The van der Waals surface area contributed by atoms with Gasteiger partial charge in [0.2, 0.25) is 10.0 Å². The Morgan fingerprint density at radius 1 is 1.38 bits per heavy atom. The van der Waals surface area contributed by atoms with E-state index in [0.717, 1.165) is 16.8 Å². The van der Waals surface area contributed by atoms with Crippen LogP contribution in [0.5, 0.6) is 0 Å². The molecule has 1 aliphatic carbocycles. The SMILES string of the molecule is CC1CCCC(CCNS(=O)(=O)c2ccc(Br)cc2Cl)C1. The van der Waals surface area contributed by atoms with Gasteiger partial charge in [-0.25, -0.2) is 13.1 Å². The molecular formula is C15H21BrClNO2S. The largest absolute Gasteiger partial charge is 0.242 e. The van der Waals surface area contributed by atoms with E-state index in [0.29, 0.717) is 12.5 Å². The minimum atomic E-state index is -3.52. The van der Waals surface area contributed by atoms with Gasteiger partial charge in [0.1, 0.15) is 4.90 Å². The minimum absolute atomic E-state index is 0.143. The van der Waals surface area contributed by atoms with Crippen LogP contribution in [-0.4, -0.2) is 15.0 Å². The molecular weight excluding hydrogens is 374 g/mol. The fraction of sp³-hybridized carbons (Fsp3) is 0.600. The van der Waals surface area contributed by atoms with Crippen LogP contribution in [0.15, 0.2) is 27.6 Å². The predicted molar refractivity (Wildman–Crippen MR) is 90.1 cm³/mol. The van der Waals surface area contributed by atoms with E-state index in [4.69, 9.17) is 11.6 Å². The first-order valence-corrected chi connectivity index (χ1v) is 9.98. The Morgan fingerprint density at radius 3 is 2.81 bits per heavy atom. The van der Waals surface area contributed by atoms with Gasteiger partial charge in [-0.3, -0.25) is 0 Å². The Morgan fingerprint density at radius 2 is 2.14 bits per heavy atom. The van der Waals surface area contributed by atoms with Gasteiger partial charge in [0.25, 0.3) is 0 Å². The van der Waals surface area contributed by atoms with Gasteiger partial charge in [-0.05, 0) is 42.9 Å². The van der Waals surface area contributed by atoms with Gasteiger partial charge in [0.05, 0.1) is 5.02 Å². The second kappa shape index (κ2) is 7.44. The predicted octanol–water partition coefficient (Wildman–Crippen LogP) is 4.60. The fourth-order valence-electron chi connectivity index (χ4n) is 2.99. The van der Waals surface area contributed by atoms with E-state index in [-0.39, 0.29) is 9.92 Å². The topological polar surface area (TPSA) is 46.2 Å². The molecule has 2 unspecified atom stereocenters. The highest BCUT2D eigenvalue weighted by Gasteiger charge is 2.21. The lowest BCUT2D eigenvalue weighted by atomic mass is 9.81. The molecule has 118 valence electrons. The lowest BCUT2D eigenvalue weighted by Crippen LogP contribution is -2.27. The number of sulfonamides is 1. The summed E-state index contributed by atoms with van der Waals surface area (Å²) in [4.78, 5) is 0.143. The number of hydrogen-bond donors (Lipinski definition) is 1. The average molecular weight is 395 g/mol. The molecule has 0 radical (unpaired) electrons. The quantitative estimate of drug-likeness (QED) is 0.793. The average Bonchev–Trinajstić information content (AvgIpc) is 2.38. The number of benzene rings is 1. The maximum absolute atomic E-state index is 12.3. The van der Waals surface area contributed by atoms with Crippen molar-refractivity contribution in [3.63, 3.8) is 0 Å². The lowest BCUT2D eigenvalue weighted by molar-refractivity contribution is 0.271. The van der Waals surface area contributed by atoms with E-state index >= 15 is 0 Å². The molecule has 1 N–H and O–H groups in total. The number of halogens is 2. The molecule has 1 aliphatic rings. The summed E-state index contributed by atoms with van der Waals surface area (Å²) in [5.74, 6) is 1.40. The highest BCUT2D eigenvalue weighted by molar-refractivity contribution is 9.10. The van der Waals surface area contributed by atoms with Gasteiger partial charge < -0.3 is 0 Å². The van der Waals surface area contributed by atoms with Gasteiger partial charge in [-0.2, -0.15) is 0 Å². The molecule has 1 saturated carbocycles. The van der Waals surface area contributed by atoms with Crippen molar-refractivity contribution in [1.82, 2.24) is 4.72 Å². The van der Waals surface area contributed by atoms with Crippen molar-refractivity contribution in [2.24, 2.45) is 11.8 Å². The monoisotopic (exact) mass is 393 g/mol. The van der Waals surface area contributed by atoms with Crippen molar-refractivity contribution in [2.75, 3.05) is 6.54 Å². The summed E-state index contributed by atoms with van der Waals surface area (Å²) in [5, 5.41) is 0.239. The molecule has 2 rings (SSSR count). The summed E-state index contributed by atoms with van der Waals surface area (Å²) in [6, 6.07) is 4.81. The summed E-state index contributed by atoms with van der Waals surface area (Å²) in [6.45, 7) is 2.75. The molecule has 21 heavy (non-hydrogen) atoms. The Balaban J connectivity index is 1.92. The third-order valence-electron chi connectivity index (χ3n) is 4.07. The second-order valence-electron chi connectivity index (χ2n) is 5.90. The molecule has 0 aliphatic heterocycles. The third kappa shape index (κ3) is 4.95. The molecule has 1 fully saturated rings. The maximum Gasteiger partial charge on any atom is 0.242 e. The zero-order chi connectivity index (χ0) is 15.5. The first-order chi connectivity index (χ1) is 9.88. The van der Waals surface area contributed by atoms with E-state index < -0.39 is 10.0 Å². The number of nitrogens with one attached hydrogen (secondary N) is 1. The van der Waals surface area contributed by atoms with E-state index in [1.54, 1.807) is 12.1 Å². The Bertz CT molecular complexity index is 591. The Kier molecular flexibility index (Phi) is 6.12. The van der Waals surface area contributed by atoms with Crippen molar-refractivity contribution in [1.29, 1.82) is 0 Å². The molecule has 0 aromatic heterocycles. The smallest absolute Gasteiger partial charge is 0.211 e. The Hall–Kier alpha value is -0.100. The van der Waals surface area contributed by atoms with Crippen molar-refractivity contribution in [3.05, 3.63) is 27.7 Å². The minimum Gasteiger partial charge on any atom is -0.211 e. The number of rotatable bonds is 5. The van der Waals surface area contributed by atoms with Crippen LogP contribution >= 0.6 is 27.5 Å². The normalized spacial score (nSPS) is 23.2. The molecule has 0 spiro atoms. The van der Waals surface area contributed by atoms with E-state index in [1.807, 2.05) is 0 Å². The molecule has 1 aromatic carbocycles. The molecule has 0 bridgehead atoms. The van der Waals surface area contributed by atoms with Gasteiger partial charge in [0, 0.05) is 11.0 Å². The van der Waals surface area contributed by atoms with Crippen molar-refractivity contribution >= 4 is 37.6 Å². The standard InChI is InChI=1S/C15H21BrClNO2S/c1-11-3-2-4-12(9-11)7-8-18-21(19,20)15-6-5-13(16)10-14(15)17/h5-6,10-12,18H,2-4,7-9H2,1H3. The first kappa shape index (κ1) is 17.3. The van der Waals surface area contributed by atoms with Gasteiger partial charge in [0.15, 0.2) is 0 Å². The van der Waals surface area contributed by atoms with Crippen LogP contribution in [0.25, 0.3) is 0 Å². The van der Waals surface area contributed by atoms with Gasteiger partial charge in [-0.1, -0.05) is 53.7 Å². The fourth-order valence-corrected chi connectivity index (χ4v) is 5.07. The van der Waals surface area contributed by atoms with Crippen LogP contribution in [-0.2, 0) is 10.0 Å². The first-order valence-electron chi connectivity index (χ1n) is 7.33. The van der Waals surface area contributed by atoms with Crippen molar-refractivity contribution in [2.45, 2.75) is 43.9 Å². The summed E-state index contributed by atoms with van der Waals surface area (Å²) >= 11 is 9.29. The van der Waals surface area contributed by atoms with Gasteiger partial charge >= 0.3 is 0 Å². The third-order valence-corrected chi connectivity index (χ3v) is 6.51. The molecule has 2 atom stereocenters. The van der Waals surface area contributed by atoms with Crippen LogP contribution in [0.1, 0.15) is 39.0 Å². The maximum atomic E-state index is 12.3. The molecule has 0 saturated heterocycles. The summed E-state index contributed by atoms with van der Waals surface area (Å²) in [5.41, 5.74) is 0. The zero-order valence-electron chi connectivity index (χ0n) is 12.1. The van der Waals surface area contributed by atoms with Crippen LogP contribution in [0, 0.1) is 11.8 Å². The van der Waals surface area contributed by atoms with E-state index in [1.165, 1.54) is 31.7 Å². The van der Waals surface area contributed by atoms with E-state index in [2.05, 4.69) is 27.6 Å². The second-order valence-corrected chi connectivity index (χ2v) is 8.96. The zero-order valence-corrected chi connectivity index (χ0v) is 15.3. The van der Waals surface area contributed by atoms with Crippen LogP contribution in [0.2, 0.25) is 5.02 Å².